The number of allylic oxidation sites excluding steroid dienone is 5. The molecule has 0 unspecified atom stereocenters. The first kappa shape index (κ1) is 21.5. The lowest BCUT2D eigenvalue weighted by Crippen LogP contribution is -1.98. The maximum atomic E-state index is 6.21. The van der Waals surface area contributed by atoms with Crippen molar-refractivity contribution in [3.8, 4) is 33.6 Å². The molecule has 0 atom stereocenters. The Morgan fingerprint density at radius 2 is 1.38 bits per heavy atom. The lowest BCUT2D eigenvalue weighted by atomic mass is 10.0. The molecule has 156 valence electrons. The molecule has 1 heterocycles. The summed E-state index contributed by atoms with van der Waals surface area (Å²) in [7, 11) is 0. The predicted molar refractivity (Wildman–Crippen MR) is 136 cm³/mol. The number of aromatic nitrogens is 2. The standard InChI is InChI=1S/C29H23ClN2/c1-3-5-11-21(4-2)29-31-27(22-12-7-6-8-13-22)20-28(32-29)25-16-9-14-23(18-25)24-15-10-17-26(30)19-24/h3-20H,2H2,1H3/b5-3-,21-11+. The molecule has 3 aromatic carbocycles. The zero-order chi connectivity index (χ0) is 22.3. The van der Waals surface area contributed by atoms with Crippen LogP contribution in [0.25, 0.3) is 39.2 Å². The Morgan fingerprint density at radius 3 is 2.06 bits per heavy atom. The van der Waals surface area contributed by atoms with Crippen molar-refractivity contribution in [1.82, 2.24) is 9.97 Å². The Bertz CT molecular complexity index is 1300. The van der Waals surface area contributed by atoms with Crippen LogP contribution in [0.5, 0.6) is 0 Å². The molecule has 1 aromatic heterocycles. The number of benzene rings is 3. The van der Waals surface area contributed by atoms with Crippen LogP contribution < -0.4 is 0 Å². The molecule has 0 spiro atoms. The van der Waals surface area contributed by atoms with Gasteiger partial charge in [-0.3, -0.25) is 0 Å². The summed E-state index contributed by atoms with van der Waals surface area (Å²) in [4.78, 5) is 9.74. The molecule has 2 nitrogen and oxygen atoms in total. The zero-order valence-electron chi connectivity index (χ0n) is 17.9. The largest absolute Gasteiger partial charge is 0.228 e. The van der Waals surface area contributed by atoms with E-state index in [1.807, 2.05) is 73.7 Å². The highest BCUT2D eigenvalue weighted by atomic mass is 35.5. The highest BCUT2D eigenvalue weighted by Gasteiger charge is 2.11. The molecule has 4 rings (SSSR count). The van der Waals surface area contributed by atoms with E-state index >= 15 is 0 Å². The average Bonchev–Trinajstić information content (AvgIpc) is 2.85. The van der Waals surface area contributed by atoms with Gasteiger partial charge in [0.15, 0.2) is 5.82 Å². The summed E-state index contributed by atoms with van der Waals surface area (Å²) < 4.78 is 0. The molecule has 3 heteroatoms. The van der Waals surface area contributed by atoms with Crippen molar-refractivity contribution in [1.29, 1.82) is 0 Å². The van der Waals surface area contributed by atoms with E-state index in [9.17, 15) is 0 Å². The Balaban J connectivity index is 1.88. The first-order chi connectivity index (χ1) is 15.7. The SMILES string of the molecule is C=C/C(=C\C=C/C)c1nc(-c2ccccc2)cc(-c2cccc(-c3cccc(Cl)c3)c2)n1. The number of rotatable bonds is 6. The molecule has 0 radical (unpaired) electrons. The lowest BCUT2D eigenvalue weighted by molar-refractivity contribution is 1.13. The fraction of sp³-hybridized carbons (Fsp3) is 0.0345. The molecular weight excluding hydrogens is 412 g/mol. The predicted octanol–water partition coefficient (Wildman–Crippen LogP) is 8.28. The van der Waals surface area contributed by atoms with Gasteiger partial charge in [0, 0.05) is 21.7 Å². The van der Waals surface area contributed by atoms with E-state index in [0.717, 1.165) is 39.2 Å². The Labute approximate surface area is 194 Å². The Morgan fingerprint density at radius 1 is 0.750 bits per heavy atom. The quantitative estimate of drug-likeness (QED) is 0.285. The van der Waals surface area contributed by atoms with Gasteiger partial charge in [-0.25, -0.2) is 9.97 Å². The minimum Gasteiger partial charge on any atom is -0.228 e. The summed E-state index contributed by atoms with van der Waals surface area (Å²) in [5.41, 5.74) is 6.79. The monoisotopic (exact) mass is 434 g/mol. The second kappa shape index (κ2) is 10.0. The van der Waals surface area contributed by atoms with E-state index in [0.29, 0.717) is 10.8 Å². The van der Waals surface area contributed by atoms with Gasteiger partial charge in [-0.05, 0) is 42.3 Å². The molecule has 0 fully saturated rings. The molecule has 0 saturated heterocycles. The molecule has 0 bridgehead atoms. The molecule has 4 aromatic rings. The van der Waals surface area contributed by atoms with Crippen LogP contribution in [-0.2, 0) is 0 Å². The topological polar surface area (TPSA) is 25.8 Å². The van der Waals surface area contributed by atoms with Gasteiger partial charge in [-0.2, -0.15) is 0 Å². The van der Waals surface area contributed by atoms with Crippen molar-refractivity contribution in [3.63, 3.8) is 0 Å². The van der Waals surface area contributed by atoms with Crippen molar-refractivity contribution in [2.24, 2.45) is 0 Å². The van der Waals surface area contributed by atoms with Gasteiger partial charge in [-0.15, -0.1) is 0 Å². The van der Waals surface area contributed by atoms with Crippen molar-refractivity contribution < 1.29 is 0 Å². The second-order valence-electron chi connectivity index (χ2n) is 7.27. The van der Waals surface area contributed by atoms with Crippen LogP contribution in [0.3, 0.4) is 0 Å². The van der Waals surface area contributed by atoms with E-state index in [-0.39, 0.29) is 0 Å². The number of hydrogen-bond donors (Lipinski definition) is 0. The van der Waals surface area contributed by atoms with Gasteiger partial charge >= 0.3 is 0 Å². The van der Waals surface area contributed by atoms with Crippen molar-refractivity contribution >= 4 is 17.2 Å². The molecule has 0 amide bonds. The average molecular weight is 435 g/mol. The minimum absolute atomic E-state index is 0.641. The summed E-state index contributed by atoms with van der Waals surface area (Å²) in [5.74, 6) is 0.641. The zero-order valence-corrected chi connectivity index (χ0v) is 18.6. The smallest absolute Gasteiger partial charge is 0.160 e. The van der Waals surface area contributed by atoms with E-state index in [1.165, 1.54) is 0 Å². The highest BCUT2D eigenvalue weighted by molar-refractivity contribution is 6.30. The fourth-order valence-corrected chi connectivity index (χ4v) is 3.63. The lowest BCUT2D eigenvalue weighted by Gasteiger charge is -2.11. The normalized spacial score (nSPS) is 11.6. The third-order valence-electron chi connectivity index (χ3n) is 5.06. The Hall–Kier alpha value is -3.75. The first-order valence-electron chi connectivity index (χ1n) is 10.4. The molecule has 0 N–H and O–H groups in total. The van der Waals surface area contributed by atoms with Gasteiger partial charge in [0.25, 0.3) is 0 Å². The molecule has 0 aliphatic carbocycles. The second-order valence-corrected chi connectivity index (χ2v) is 7.71. The summed E-state index contributed by atoms with van der Waals surface area (Å²) in [6, 6.07) is 28.4. The van der Waals surface area contributed by atoms with Gasteiger partial charge in [0.05, 0.1) is 11.4 Å². The van der Waals surface area contributed by atoms with Crippen LogP contribution in [0.15, 0.2) is 116 Å². The molecule has 0 saturated carbocycles. The first-order valence-corrected chi connectivity index (χ1v) is 10.8. The van der Waals surface area contributed by atoms with Crippen LogP contribution in [0, 0.1) is 0 Å². The van der Waals surface area contributed by atoms with E-state index in [4.69, 9.17) is 21.6 Å². The molecule has 0 aliphatic rings. The van der Waals surface area contributed by atoms with Gasteiger partial charge in [0.1, 0.15) is 0 Å². The van der Waals surface area contributed by atoms with Crippen molar-refractivity contribution in [2.45, 2.75) is 6.92 Å². The molecular formula is C29H23ClN2. The summed E-state index contributed by atoms with van der Waals surface area (Å²) in [5, 5.41) is 0.716. The fourth-order valence-electron chi connectivity index (χ4n) is 3.44. The van der Waals surface area contributed by atoms with Crippen LogP contribution >= 0.6 is 11.6 Å². The maximum Gasteiger partial charge on any atom is 0.160 e. The third kappa shape index (κ3) is 4.93. The molecule has 32 heavy (non-hydrogen) atoms. The summed E-state index contributed by atoms with van der Waals surface area (Å²) in [6.07, 6.45) is 7.70. The van der Waals surface area contributed by atoms with Crippen LogP contribution in [0.4, 0.5) is 0 Å². The number of hydrogen-bond acceptors (Lipinski definition) is 2. The van der Waals surface area contributed by atoms with Gasteiger partial charge in [-0.1, -0.05) is 103 Å². The highest BCUT2D eigenvalue weighted by Crippen LogP contribution is 2.30. The van der Waals surface area contributed by atoms with Crippen LogP contribution in [-0.4, -0.2) is 9.97 Å². The molecule has 0 aliphatic heterocycles. The van der Waals surface area contributed by atoms with Crippen molar-refractivity contribution in [2.75, 3.05) is 0 Å². The summed E-state index contributed by atoms with van der Waals surface area (Å²) in [6.45, 7) is 5.94. The Kier molecular flexibility index (Phi) is 6.74. The third-order valence-corrected chi connectivity index (χ3v) is 5.29. The minimum atomic E-state index is 0.641. The maximum absolute atomic E-state index is 6.21. The van der Waals surface area contributed by atoms with Crippen LogP contribution in [0.1, 0.15) is 12.7 Å². The van der Waals surface area contributed by atoms with Gasteiger partial charge in [0.2, 0.25) is 0 Å². The number of nitrogens with zero attached hydrogens (tertiary/aromatic N) is 2. The van der Waals surface area contributed by atoms with Crippen molar-refractivity contribution in [3.05, 3.63) is 127 Å². The number of halogens is 1. The van der Waals surface area contributed by atoms with E-state index < -0.39 is 0 Å². The summed E-state index contributed by atoms with van der Waals surface area (Å²) >= 11 is 6.21. The van der Waals surface area contributed by atoms with Gasteiger partial charge < -0.3 is 0 Å². The van der Waals surface area contributed by atoms with E-state index in [1.54, 1.807) is 6.08 Å². The van der Waals surface area contributed by atoms with E-state index in [2.05, 4.69) is 43.0 Å². The van der Waals surface area contributed by atoms with Crippen LogP contribution in [0.2, 0.25) is 5.02 Å².